The minimum atomic E-state index is -3.11. The molecular weight excluding hydrogens is 357 g/mol. The minimum Gasteiger partial charge on any atom is -0.457 e. The van der Waals surface area contributed by atoms with E-state index in [9.17, 15) is 13.7 Å². The van der Waals surface area contributed by atoms with E-state index in [4.69, 9.17) is 15.3 Å². The summed E-state index contributed by atoms with van der Waals surface area (Å²) in [6.07, 6.45) is 1.61. The van der Waals surface area contributed by atoms with Gasteiger partial charge in [-0.3, -0.25) is 0 Å². The second kappa shape index (κ2) is 6.68. The van der Waals surface area contributed by atoms with E-state index in [1.807, 2.05) is 6.07 Å². The molecule has 2 unspecified atom stereocenters. The fourth-order valence-electron chi connectivity index (χ4n) is 3.00. The molecule has 8 heteroatoms. The van der Waals surface area contributed by atoms with Crippen molar-refractivity contribution in [2.75, 3.05) is 0 Å². The molecular formula is C18H14FN3O3S. The number of nitriles is 2. The van der Waals surface area contributed by atoms with Gasteiger partial charge >= 0.3 is 0 Å². The lowest BCUT2D eigenvalue weighted by molar-refractivity contribution is 0.177. The van der Waals surface area contributed by atoms with E-state index in [2.05, 4.69) is 10.6 Å². The van der Waals surface area contributed by atoms with Gasteiger partial charge in [0, 0.05) is 17.2 Å². The van der Waals surface area contributed by atoms with E-state index in [0.29, 0.717) is 29.7 Å². The number of aliphatic hydroxyl groups excluding tert-OH is 1. The van der Waals surface area contributed by atoms with Gasteiger partial charge in [-0.2, -0.15) is 10.5 Å². The largest absolute Gasteiger partial charge is 0.457 e. The van der Waals surface area contributed by atoms with E-state index in [1.54, 1.807) is 6.19 Å². The number of rotatable bonds is 4. The van der Waals surface area contributed by atoms with Crippen LogP contribution in [0.2, 0.25) is 0 Å². The lowest BCUT2D eigenvalue weighted by Gasteiger charge is -2.17. The van der Waals surface area contributed by atoms with Crippen LogP contribution in [0.3, 0.4) is 0 Å². The molecule has 0 bridgehead atoms. The van der Waals surface area contributed by atoms with Crippen LogP contribution in [0.4, 0.5) is 4.39 Å². The summed E-state index contributed by atoms with van der Waals surface area (Å²) in [6.45, 7) is 0. The van der Waals surface area contributed by atoms with Gasteiger partial charge in [0.2, 0.25) is 0 Å². The zero-order chi connectivity index (χ0) is 18.9. The van der Waals surface area contributed by atoms with Crippen LogP contribution in [-0.2, 0) is 16.1 Å². The van der Waals surface area contributed by atoms with Crippen molar-refractivity contribution in [2.24, 2.45) is 0 Å². The fraction of sp³-hybridized carbons (Fsp3) is 0.167. The lowest BCUT2D eigenvalue weighted by Crippen LogP contribution is -2.20. The summed E-state index contributed by atoms with van der Waals surface area (Å²) in [5.41, 5.74) is 1.14. The molecule has 6 nitrogen and oxygen atoms in total. The average molecular weight is 371 g/mol. The van der Waals surface area contributed by atoms with Crippen molar-refractivity contribution >= 4 is 15.6 Å². The highest BCUT2D eigenvalue weighted by Crippen LogP contribution is 2.42. The van der Waals surface area contributed by atoms with Crippen LogP contribution in [0.5, 0.6) is 11.5 Å². The Labute approximate surface area is 150 Å². The number of nitrogens with zero attached hydrogens (tertiary/aromatic N) is 2. The highest BCUT2D eigenvalue weighted by Gasteiger charge is 2.30. The highest BCUT2D eigenvalue weighted by atomic mass is 32.2. The van der Waals surface area contributed by atoms with Crippen LogP contribution >= 0.6 is 0 Å². The number of fused-ring (bicyclic) bond motifs is 1. The quantitative estimate of drug-likeness (QED) is 0.488. The van der Waals surface area contributed by atoms with Crippen molar-refractivity contribution < 1.29 is 18.4 Å². The molecule has 2 atom stereocenters. The lowest BCUT2D eigenvalue weighted by atomic mass is 10.1. The number of hydrogen-bond donors (Lipinski definition) is 2. The molecule has 0 spiro atoms. The molecule has 0 amide bonds. The summed E-state index contributed by atoms with van der Waals surface area (Å²) in [7, 11) is -3.11. The molecule has 0 saturated heterocycles. The highest BCUT2D eigenvalue weighted by molar-refractivity contribution is 7.98. The third-order valence-corrected chi connectivity index (χ3v) is 5.56. The third-order valence-electron chi connectivity index (χ3n) is 4.07. The second-order valence-electron chi connectivity index (χ2n) is 5.79. The maximum absolute atomic E-state index is 13.6. The normalized spacial score (nSPS) is 17.5. The third kappa shape index (κ3) is 3.21. The van der Waals surface area contributed by atoms with Crippen molar-refractivity contribution in [1.29, 1.82) is 10.5 Å². The van der Waals surface area contributed by atoms with Gasteiger partial charge in [0.25, 0.3) is 0 Å². The maximum atomic E-state index is 13.6. The molecule has 0 heterocycles. The molecule has 0 aromatic heterocycles. The molecule has 2 aromatic rings. The van der Waals surface area contributed by atoms with Crippen LogP contribution in [0, 0.1) is 28.6 Å². The van der Waals surface area contributed by atoms with Gasteiger partial charge in [-0.05, 0) is 43.0 Å². The molecule has 2 N–H and O–H groups in total. The topological polar surface area (TPSA) is 106 Å². The number of aliphatic hydroxyl groups is 1. The van der Waals surface area contributed by atoms with Crippen molar-refractivity contribution in [3.05, 3.63) is 52.8 Å². The molecule has 3 rings (SSSR count). The SMILES string of the molecule is C=S(=O)(NC#N)c1ccc(Oc2cc(F)cc(C#N)c2)c2c1C(O)CC2. The Kier molecular flexibility index (Phi) is 4.56. The number of ether oxygens (including phenoxy) is 1. The summed E-state index contributed by atoms with van der Waals surface area (Å²) in [5, 5.41) is 28.0. The summed E-state index contributed by atoms with van der Waals surface area (Å²) < 4.78 is 34.1. The Morgan fingerprint density at radius 3 is 2.81 bits per heavy atom. The number of benzene rings is 2. The average Bonchev–Trinajstić information content (AvgIpc) is 2.97. The number of nitrogens with one attached hydrogen (secondary N) is 1. The first-order valence-electron chi connectivity index (χ1n) is 7.61. The fourth-order valence-corrected chi connectivity index (χ4v) is 4.16. The van der Waals surface area contributed by atoms with Crippen LogP contribution in [0.25, 0.3) is 0 Å². The molecule has 26 heavy (non-hydrogen) atoms. The second-order valence-corrected chi connectivity index (χ2v) is 7.78. The van der Waals surface area contributed by atoms with E-state index >= 15 is 0 Å². The predicted octanol–water partition coefficient (Wildman–Crippen LogP) is 2.53. The summed E-state index contributed by atoms with van der Waals surface area (Å²) in [6, 6.07) is 8.49. The van der Waals surface area contributed by atoms with Gasteiger partial charge < -0.3 is 9.84 Å². The summed E-state index contributed by atoms with van der Waals surface area (Å²) in [4.78, 5) is 0.239. The number of halogens is 1. The zero-order valence-corrected chi connectivity index (χ0v) is 14.3. The monoisotopic (exact) mass is 371 g/mol. The van der Waals surface area contributed by atoms with E-state index in [1.165, 1.54) is 18.2 Å². The Hall–Kier alpha value is -3.07. The predicted molar refractivity (Wildman–Crippen MR) is 93.2 cm³/mol. The molecule has 0 saturated carbocycles. The molecule has 1 aliphatic carbocycles. The van der Waals surface area contributed by atoms with Crippen LogP contribution in [0.15, 0.2) is 35.2 Å². The van der Waals surface area contributed by atoms with E-state index < -0.39 is 21.6 Å². The van der Waals surface area contributed by atoms with Crippen molar-refractivity contribution in [3.8, 4) is 23.8 Å². The van der Waals surface area contributed by atoms with Gasteiger partial charge in [0.15, 0.2) is 6.19 Å². The Morgan fingerprint density at radius 2 is 2.12 bits per heavy atom. The summed E-state index contributed by atoms with van der Waals surface area (Å²) in [5.74, 6) is 3.45. The van der Waals surface area contributed by atoms with E-state index in [0.717, 1.165) is 12.1 Å². The van der Waals surface area contributed by atoms with Gasteiger partial charge in [-0.15, -0.1) is 0 Å². The first-order valence-corrected chi connectivity index (χ1v) is 9.34. The smallest absolute Gasteiger partial charge is 0.189 e. The molecule has 0 aliphatic heterocycles. The zero-order valence-electron chi connectivity index (χ0n) is 13.5. The standard InChI is InChI=1S/C18H14FN3O3S/c1-26(24,22-10-21)17-5-4-16(14-2-3-15(23)18(14)17)25-13-7-11(9-20)6-12(19)8-13/h4-8,15,23H,1-3H2,(H,22,24). The van der Waals surface area contributed by atoms with Gasteiger partial charge in [0.05, 0.1) is 32.3 Å². The molecule has 0 radical (unpaired) electrons. The van der Waals surface area contributed by atoms with Crippen molar-refractivity contribution in [3.63, 3.8) is 0 Å². The molecule has 2 aromatic carbocycles. The van der Waals surface area contributed by atoms with Crippen molar-refractivity contribution in [1.82, 2.24) is 4.72 Å². The van der Waals surface area contributed by atoms with Crippen molar-refractivity contribution in [2.45, 2.75) is 23.8 Å². The van der Waals surface area contributed by atoms with Gasteiger partial charge in [-0.1, -0.05) is 0 Å². The van der Waals surface area contributed by atoms with Crippen LogP contribution in [0.1, 0.15) is 29.2 Å². The first kappa shape index (κ1) is 17.7. The molecule has 132 valence electrons. The first-order chi connectivity index (χ1) is 12.4. The summed E-state index contributed by atoms with van der Waals surface area (Å²) >= 11 is 0. The molecule has 0 fully saturated rings. The Morgan fingerprint density at radius 1 is 1.35 bits per heavy atom. The van der Waals surface area contributed by atoms with Gasteiger partial charge in [-0.25, -0.2) is 13.3 Å². The van der Waals surface area contributed by atoms with Crippen LogP contribution in [-0.4, -0.2) is 15.2 Å². The number of hydrogen-bond acceptors (Lipinski definition) is 5. The molecule has 1 aliphatic rings. The Bertz CT molecular complexity index is 1070. The van der Waals surface area contributed by atoms with E-state index in [-0.39, 0.29) is 16.2 Å². The van der Waals surface area contributed by atoms with Gasteiger partial charge in [0.1, 0.15) is 17.3 Å². The maximum Gasteiger partial charge on any atom is 0.189 e. The minimum absolute atomic E-state index is 0.118. The Balaban J connectivity index is 2.08. The van der Waals surface area contributed by atoms with Crippen LogP contribution < -0.4 is 9.46 Å².